The number of amides is 1. The van der Waals surface area contributed by atoms with E-state index in [2.05, 4.69) is 10.3 Å². The molecule has 1 aliphatic carbocycles. The second-order valence-corrected chi connectivity index (χ2v) is 7.76. The Morgan fingerprint density at radius 2 is 1.86 bits per heavy atom. The molecule has 0 atom stereocenters. The molecule has 1 saturated carbocycles. The average Bonchev–Trinajstić information content (AvgIpc) is 3.10. The first-order chi connectivity index (χ1) is 13.7. The van der Waals surface area contributed by atoms with Crippen LogP contribution in [0.2, 0.25) is 0 Å². The van der Waals surface area contributed by atoms with E-state index in [1.165, 1.54) is 12.1 Å². The zero-order valence-corrected chi connectivity index (χ0v) is 15.8. The maximum Gasteiger partial charge on any atom is 0.416 e. The Kier molecular flexibility index (Phi) is 5.88. The van der Waals surface area contributed by atoms with Gasteiger partial charge in [0.15, 0.2) is 5.13 Å². The second kappa shape index (κ2) is 8.21. The Balaban J connectivity index is 1.77. The third kappa shape index (κ3) is 4.74. The lowest BCUT2D eigenvalue weighted by Crippen LogP contribution is -2.29. The topological polar surface area (TPSA) is 103 Å². The molecule has 29 heavy (non-hydrogen) atoms. The van der Waals surface area contributed by atoms with Crippen molar-refractivity contribution in [2.24, 2.45) is 11.8 Å². The number of carbonyl (C=O) groups is 2. The van der Waals surface area contributed by atoms with E-state index in [1.807, 2.05) is 6.07 Å². The number of aliphatic carboxylic acids is 1. The highest BCUT2D eigenvalue weighted by Gasteiger charge is 2.32. The van der Waals surface area contributed by atoms with E-state index in [0.29, 0.717) is 25.7 Å². The van der Waals surface area contributed by atoms with E-state index in [0.717, 1.165) is 23.5 Å². The van der Waals surface area contributed by atoms with Crippen LogP contribution in [-0.4, -0.2) is 22.0 Å². The van der Waals surface area contributed by atoms with Gasteiger partial charge in [-0.1, -0.05) is 23.5 Å². The number of carbonyl (C=O) groups excluding carboxylic acids is 1. The van der Waals surface area contributed by atoms with E-state index in [1.54, 1.807) is 0 Å². The van der Waals surface area contributed by atoms with Gasteiger partial charge in [0.1, 0.15) is 16.6 Å². The normalized spacial score (nSPS) is 19.4. The fourth-order valence-electron chi connectivity index (χ4n) is 3.30. The number of benzene rings is 1. The van der Waals surface area contributed by atoms with Crippen molar-refractivity contribution >= 4 is 28.3 Å². The van der Waals surface area contributed by atoms with Gasteiger partial charge in [0, 0.05) is 11.5 Å². The second-order valence-electron chi connectivity index (χ2n) is 6.76. The molecule has 10 heteroatoms. The Hall–Kier alpha value is -2.93. The molecule has 0 bridgehead atoms. The number of hydrogen-bond acceptors (Lipinski definition) is 5. The lowest BCUT2D eigenvalue weighted by Gasteiger charge is -2.24. The van der Waals surface area contributed by atoms with Crippen molar-refractivity contribution in [3.8, 4) is 17.3 Å². The molecule has 1 fully saturated rings. The molecule has 0 unspecified atom stereocenters. The van der Waals surface area contributed by atoms with Crippen LogP contribution in [0.5, 0.6) is 0 Å². The zero-order valence-electron chi connectivity index (χ0n) is 15.0. The van der Waals surface area contributed by atoms with Crippen molar-refractivity contribution in [1.82, 2.24) is 4.98 Å². The van der Waals surface area contributed by atoms with Gasteiger partial charge in [-0.05, 0) is 37.8 Å². The number of carboxylic acids is 1. The standard InChI is InChI=1S/C19H16F3N3O3S/c20-19(21,22)13-3-1-2-12(8-13)15-14(9-23)29-18(24-15)25-16(26)10-4-6-11(7-5-10)17(27)28/h1-3,8,10-11H,4-7H2,(H,27,28)(H,24,25,26). The van der Waals surface area contributed by atoms with Crippen LogP contribution >= 0.6 is 11.3 Å². The Bertz CT molecular complexity index is 973. The van der Waals surface area contributed by atoms with Gasteiger partial charge in [0.25, 0.3) is 0 Å². The van der Waals surface area contributed by atoms with Gasteiger partial charge in [-0.3, -0.25) is 9.59 Å². The number of alkyl halides is 3. The number of hydrogen-bond donors (Lipinski definition) is 2. The first-order valence-corrected chi connectivity index (χ1v) is 9.63. The monoisotopic (exact) mass is 423 g/mol. The van der Waals surface area contributed by atoms with Crippen LogP contribution in [0.4, 0.5) is 18.3 Å². The highest BCUT2D eigenvalue weighted by atomic mass is 32.1. The molecule has 1 heterocycles. The Morgan fingerprint density at radius 3 is 2.45 bits per heavy atom. The lowest BCUT2D eigenvalue weighted by molar-refractivity contribution is -0.143. The van der Waals surface area contributed by atoms with Crippen LogP contribution in [-0.2, 0) is 15.8 Å². The minimum absolute atomic E-state index is 0.0773. The van der Waals surface area contributed by atoms with Crippen molar-refractivity contribution in [2.45, 2.75) is 31.9 Å². The minimum atomic E-state index is -4.52. The highest BCUT2D eigenvalue weighted by Crippen LogP contribution is 2.36. The Morgan fingerprint density at radius 1 is 1.21 bits per heavy atom. The molecule has 0 spiro atoms. The summed E-state index contributed by atoms with van der Waals surface area (Å²) < 4.78 is 38.9. The van der Waals surface area contributed by atoms with Crippen molar-refractivity contribution in [3.63, 3.8) is 0 Å². The molecule has 3 rings (SSSR count). The van der Waals surface area contributed by atoms with Crippen LogP contribution in [0.1, 0.15) is 36.1 Å². The van der Waals surface area contributed by atoms with Crippen molar-refractivity contribution in [2.75, 3.05) is 5.32 Å². The number of nitriles is 1. The molecule has 6 nitrogen and oxygen atoms in total. The summed E-state index contributed by atoms with van der Waals surface area (Å²) in [6.07, 6.45) is -2.85. The third-order valence-corrected chi connectivity index (χ3v) is 5.74. The van der Waals surface area contributed by atoms with E-state index >= 15 is 0 Å². The van der Waals surface area contributed by atoms with Gasteiger partial charge in [-0.25, -0.2) is 4.98 Å². The van der Waals surface area contributed by atoms with E-state index in [4.69, 9.17) is 5.11 Å². The summed E-state index contributed by atoms with van der Waals surface area (Å²) >= 11 is 0.886. The zero-order chi connectivity index (χ0) is 21.2. The molecular weight excluding hydrogens is 407 g/mol. The van der Waals surface area contributed by atoms with Crippen LogP contribution in [0.3, 0.4) is 0 Å². The van der Waals surface area contributed by atoms with Gasteiger partial charge in [-0.2, -0.15) is 18.4 Å². The summed E-state index contributed by atoms with van der Waals surface area (Å²) in [5, 5.41) is 21.1. The quantitative estimate of drug-likeness (QED) is 0.752. The summed E-state index contributed by atoms with van der Waals surface area (Å²) in [7, 11) is 0. The molecule has 152 valence electrons. The fraction of sp³-hybridized carbons (Fsp3) is 0.368. The predicted octanol–water partition coefficient (Wildman–Crippen LogP) is 4.53. The van der Waals surface area contributed by atoms with Gasteiger partial charge in [0.2, 0.25) is 5.91 Å². The number of rotatable bonds is 4. The maximum atomic E-state index is 13.0. The van der Waals surface area contributed by atoms with Gasteiger partial charge < -0.3 is 10.4 Å². The minimum Gasteiger partial charge on any atom is -0.481 e. The molecule has 2 aromatic rings. The average molecular weight is 423 g/mol. The summed E-state index contributed by atoms with van der Waals surface area (Å²) in [5.74, 6) is -2.01. The fourth-order valence-corrected chi connectivity index (χ4v) is 4.09. The third-order valence-electron chi connectivity index (χ3n) is 4.87. The molecule has 0 radical (unpaired) electrons. The predicted molar refractivity (Wildman–Crippen MR) is 99.0 cm³/mol. The van der Waals surface area contributed by atoms with Gasteiger partial charge in [0.05, 0.1) is 11.5 Å². The summed E-state index contributed by atoms with van der Waals surface area (Å²) in [6, 6.07) is 6.40. The molecule has 1 aliphatic rings. The number of nitrogens with zero attached hydrogens (tertiary/aromatic N) is 2. The number of anilines is 1. The lowest BCUT2D eigenvalue weighted by atomic mass is 9.81. The molecular formula is C19H16F3N3O3S. The number of carboxylic acid groups (broad SMARTS) is 1. The van der Waals surface area contributed by atoms with Crippen molar-refractivity contribution < 1.29 is 27.9 Å². The molecule has 1 aromatic carbocycles. The SMILES string of the molecule is N#Cc1sc(NC(=O)C2CCC(C(=O)O)CC2)nc1-c1cccc(C(F)(F)F)c1. The maximum absolute atomic E-state index is 13.0. The largest absolute Gasteiger partial charge is 0.481 e. The number of halogens is 3. The summed E-state index contributed by atoms with van der Waals surface area (Å²) in [5.41, 5.74) is -0.642. The van der Waals surface area contributed by atoms with Gasteiger partial charge in [-0.15, -0.1) is 0 Å². The number of thiazole rings is 1. The summed E-state index contributed by atoms with van der Waals surface area (Å²) in [4.78, 5) is 27.7. The molecule has 0 saturated heterocycles. The van der Waals surface area contributed by atoms with E-state index < -0.39 is 23.6 Å². The number of nitrogens with one attached hydrogen (secondary N) is 1. The number of aromatic nitrogens is 1. The molecule has 0 aliphatic heterocycles. The molecule has 1 aromatic heterocycles. The molecule has 1 amide bonds. The van der Waals surface area contributed by atoms with Crippen LogP contribution in [0.25, 0.3) is 11.3 Å². The van der Waals surface area contributed by atoms with Crippen LogP contribution in [0.15, 0.2) is 24.3 Å². The first kappa shape index (κ1) is 20.8. The van der Waals surface area contributed by atoms with Crippen LogP contribution in [0, 0.1) is 23.2 Å². The highest BCUT2D eigenvalue weighted by molar-refractivity contribution is 7.16. The summed E-state index contributed by atoms with van der Waals surface area (Å²) in [6.45, 7) is 0. The first-order valence-electron chi connectivity index (χ1n) is 8.81. The van der Waals surface area contributed by atoms with Crippen LogP contribution < -0.4 is 5.32 Å². The smallest absolute Gasteiger partial charge is 0.416 e. The Labute approximate surface area is 168 Å². The molecule has 2 N–H and O–H groups in total. The van der Waals surface area contributed by atoms with E-state index in [-0.39, 0.29) is 33.1 Å². The van der Waals surface area contributed by atoms with Crippen molar-refractivity contribution in [3.05, 3.63) is 34.7 Å². The van der Waals surface area contributed by atoms with E-state index in [9.17, 15) is 28.0 Å². The van der Waals surface area contributed by atoms with Gasteiger partial charge >= 0.3 is 12.1 Å². The van der Waals surface area contributed by atoms with Crippen molar-refractivity contribution in [1.29, 1.82) is 5.26 Å².